The molecule has 120 valence electrons. The number of rotatable bonds is 4. The molecule has 0 radical (unpaired) electrons. The molecule has 0 atom stereocenters. The Morgan fingerprint density at radius 1 is 1.50 bits per heavy atom. The van der Waals surface area contributed by atoms with Crippen LogP contribution in [0.15, 0.2) is 22.3 Å². The molecule has 0 saturated carbocycles. The number of nitro groups is 1. The first-order valence-electron chi connectivity index (χ1n) is 5.52. The number of guanidine groups is 1. The summed E-state index contributed by atoms with van der Waals surface area (Å²) < 4.78 is 4.85. The molecule has 0 fully saturated rings. The van der Waals surface area contributed by atoms with Gasteiger partial charge in [-0.1, -0.05) is 11.6 Å². The van der Waals surface area contributed by atoms with E-state index in [0.29, 0.717) is 5.56 Å². The van der Waals surface area contributed by atoms with Crippen LogP contribution in [0.5, 0.6) is 5.75 Å². The Labute approximate surface area is 130 Å². The molecule has 0 aliphatic heterocycles. The van der Waals surface area contributed by atoms with Gasteiger partial charge in [-0.2, -0.15) is 5.10 Å². The smallest absolute Gasteiger partial charge is 0.313 e. The largest absolute Gasteiger partial charge is 0.489 e. The van der Waals surface area contributed by atoms with Crippen LogP contribution < -0.4 is 16.2 Å². The van der Waals surface area contributed by atoms with Crippen LogP contribution in [0.1, 0.15) is 12.5 Å². The van der Waals surface area contributed by atoms with Crippen LogP contribution in [-0.2, 0) is 4.79 Å². The lowest BCUT2D eigenvalue weighted by Gasteiger charge is -2.04. The quantitative estimate of drug-likeness (QED) is 0.319. The summed E-state index contributed by atoms with van der Waals surface area (Å²) in [6.45, 7) is 1.08. The summed E-state index contributed by atoms with van der Waals surface area (Å²) in [5.74, 6) is -1.07. The van der Waals surface area contributed by atoms with Crippen molar-refractivity contribution >= 4 is 35.4 Å². The van der Waals surface area contributed by atoms with Gasteiger partial charge in [-0.15, -0.1) is 5.10 Å². The number of hydrogen-bond donors (Lipinski definition) is 3. The molecular weight excluding hydrogens is 318 g/mol. The highest BCUT2D eigenvalue weighted by molar-refractivity contribution is 6.32. The van der Waals surface area contributed by atoms with Gasteiger partial charge in [0.15, 0.2) is 0 Å². The Morgan fingerprint density at radius 3 is 2.45 bits per heavy atom. The highest BCUT2D eigenvalue weighted by Gasteiger charge is 2.19. The molecule has 0 aliphatic carbocycles. The second-order valence-electron chi connectivity index (χ2n) is 3.60. The maximum absolute atomic E-state index is 10.8. The summed E-state index contributed by atoms with van der Waals surface area (Å²) in [4.78, 5) is 19.2. The Bertz CT molecular complexity index is 609. The molecule has 0 amide bonds. The van der Waals surface area contributed by atoms with E-state index in [4.69, 9.17) is 37.7 Å². The van der Waals surface area contributed by atoms with E-state index in [0.717, 1.165) is 6.92 Å². The molecule has 10 nitrogen and oxygen atoms in total. The molecule has 22 heavy (non-hydrogen) atoms. The van der Waals surface area contributed by atoms with Crippen molar-refractivity contribution in [3.8, 4) is 5.75 Å². The van der Waals surface area contributed by atoms with Crippen molar-refractivity contribution in [3.63, 3.8) is 0 Å². The monoisotopic (exact) mass is 331 g/mol. The maximum atomic E-state index is 10.8. The minimum absolute atomic E-state index is 0.0133. The summed E-state index contributed by atoms with van der Waals surface area (Å²) in [7, 11) is 1.29. The number of nitro benzene ring substituents is 1. The fraction of sp³-hybridized carbons (Fsp3) is 0.182. The van der Waals surface area contributed by atoms with Crippen molar-refractivity contribution in [3.05, 3.63) is 32.8 Å². The Balaban J connectivity index is 0.000000980. The van der Waals surface area contributed by atoms with Crippen LogP contribution >= 0.6 is 11.6 Å². The number of nitrogens with zero attached hydrogens (tertiary/aromatic N) is 3. The summed E-state index contributed by atoms with van der Waals surface area (Å²) in [5.41, 5.74) is 10.2. The van der Waals surface area contributed by atoms with Crippen LogP contribution in [0.25, 0.3) is 0 Å². The van der Waals surface area contributed by atoms with Gasteiger partial charge in [-0.25, -0.2) is 0 Å². The van der Waals surface area contributed by atoms with Crippen molar-refractivity contribution in [2.24, 2.45) is 21.7 Å². The molecule has 0 aliphatic rings. The van der Waals surface area contributed by atoms with Gasteiger partial charge in [0, 0.05) is 18.6 Å². The molecular formula is C11H14ClN5O5. The van der Waals surface area contributed by atoms with Crippen molar-refractivity contribution < 1.29 is 19.6 Å². The van der Waals surface area contributed by atoms with Gasteiger partial charge in [-0.05, 0) is 6.07 Å². The van der Waals surface area contributed by atoms with Crippen molar-refractivity contribution in [1.29, 1.82) is 0 Å². The fourth-order valence-electron chi connectivity index (χ4n) is 1.17. The van der Waals surface area contributed by atoms with Crippen LogP contribution in [0.2, 0.25) is 5.02 Å². The Kier molecular flexibility index (Phi) is 7.93. The maximum Gasteiger partial charge on any atom is 0.313 e. The molecule has 0 aromatic heterocycles. The van der Waals surface area contributed by atoms with E-state index < -0.39 is 10.9 Å². The SMILES string of the molecule is CC(=O)O.COc1c(Cl)cc(/C=N/N=C(N)N)cc1[N+](=O)[O-]. The number of methoxy groups -OCH3 is 1. The van der Waals surface area contributed by atoms with E-state index in [-0.39, 0.29) is 22.4 Å². The lowest BCUT2D eigenvalue weighted by Crippen LogP contribution is -2.21. The number of hydrogen-bond acceptors (Lipinski definition) is 6. The number of carboxylic acids is 1. The predicted molar refractivity (Wildman–Crippen MR) is 81.4 cm³/mol. The number of ether oxygens (including phenoxy) is 1. The number of benzene rings is 1. The number of carbonyl (C=O) groups is 1. The zero-order chi connectivity index (χ0) is 17.3. The molecule has 0 unspecified atom stereocenters. The van der Waals surface area contributed by atoms with Gasteiger partial charge in [0.25, 0.3) is 5.97 Å². The van der Waals surface area contributed by atoms with Gasteiger partial charge in [0.2, 0.25) is 11.7 Å². The minimum Gasteiger partial charge on any atom is -0.489 e. The first-order chi connectivity index (χ1) is 10.2. The van der Waals surface area contributed by atoms with Gasteiger partial charge >= 0.3 is 5.69 Å². The van der Waals surface area contributed by atoms with Gasteiger partial charge in [0.05, 0.1) is 23.3 Å². The molecule has 1 aromatic rings. The van der Waals surface area contributed by atoms with Crippen molar-refractivity contribution in [2.75, 3.05) is 7.11 Å². The minimum atomic E-state index is -0.833. The van der Waals surface area contributed by atoms with Gasteiger partial charge in [-0.3, -0.25) is 14.9 Å². The van der Waals surface area contributed by atoms with Crippen LogP contribution in [0.3, 0.4) is 0 Å². The molecule has 1 aromatic carbocycles. The van der Waals surface area contributed by atoms with Crippen molar-refractivity contribution in [2.45, 2.75) is 6.92 Å². The average Bonchev–Trinajstić information content (AvgIpc) is 2.36. The number of aliphatic carboxylic acids is 1. The third kappa shape index (κ3) is 7.05. The Morgan fingerprint density at radius 2 is 2.05 bits per heavy atom. The van der Waals surface area contributed by atoms with E-state index in [1.165, 1.54) is 25.5 Å². The van der Waals surface area contributed by atoms with E-state index in [1.54, 1.807) is 0 Å². The number of nitrogens with two attached hydrogens (primary N) is 2. The lowest BCUT2D eigenvalue weighted by molar-refractivity contribution is -0.385. The van der Waals surface area contributed by atoms with Crippen LogP contribution in [-0.4, -0.2) is 35.3 Å². The number of carboxylic acid groups (broad SMARTS) is 1. The average molecular weight is 332 g/mol. The van der Waals surface area contributed by atoms with Crippen molar-refractivity contribution in [1.82, 2.24) is 0 Å². The van der Waals surface area contributed by atoms with E-state index >= 15 is 0 Å². The van der Waals surface area contributed by atoms with E-state index in [2.05, 4.69) is 10.2 Å². The third-order valence-corrected chi connectivity index (χ3v) is 2.11. The standard InChI is InChI=1S/C9H10ClN5O3.C2H4O2/c1-18-8-6(10)2-5(3-7(8)15(16)17)4-13-14-9(11)12;1-2(3)4/h2-4H,1H3,(H4,11,12,14);1H3,(H,3,4)/b13-4+;. The van der Waals surface area contributed by atoms with E-state index in [1.807, 2.05) is 0 Å². The summed E-state index contributed by atoms with van der Waals surface area (Å²) >= 11 is 5.84. The molecule has 11 heteroatoms. The summed E-state index contributed by atoms with van der Waals surface area (Å²) in [6.07, 6.45) is 1.23. The highest BCUT2D eigenvalue weighted by atomic mass is 35.5. The predicted octanol–water partition coefficient (Wildman–Crippen LogP) is 0.955. The fourth-order valence-corrected chi connectivity index (χ4v) is 1.47. The van der Waals surface area contributed by atoms with Crippen LogP contribution in [0.4, 0.5) is 5.69 Å². The second-order valence-corrected chi connectivity index (χ2v) is 4.01. The molecule has 1 rings (SSSR count). The number of halogens is 1. The first-order valence-corrected chi connectivity index (χ1v) is 5.90. The summed E-state index contributed by atoms with van der Waals surface area (Å²) in [5, 5.41) is 25.2. The molecule has 0 saturated heterocycles. The molecule has 0 bridgehead atoms. The second kappa shape index (κ2) is 9.13. The summed E-state index contributed by atoms with van der Waals surface area (Å²) in [6, 6.07) is 2.69. The third-order valence-electron chi connectivity index (χ3n) is 1.83. The molecule has 5 N–H and O–H groups in total. The van der Waals surface area contributed by atoms with Gasteiger partial charge in [0.1, 0.15) is 0 Å². The zero-order valence-corrected chi connectivity index (χ0v) is 12.4. The normalized spacial score (nSPS) is 9.59. The molecule has 0 heterocycles. The Hall–Kier alpha value is -2.88. The van der Waals surface area contributed by atoms with Gasteiger partial charge < -0.3 is 21.3 Å². The highest BCUT2D eigenvalue weighted by Crippen LogP contribution is 2.35. The first kappa shape index (κ1) is 19.1. The lowest BCUT2D eigenvalue weighted by atomic mass is 10.2. The molecule has 0 spiro atoms. The topological polar surface area (TPSA) is 166 Å². The zero-order valence-electron chi connectivity index (χ0n) is 11.7. The van der Waals surface area contributed by atoms with Crippen LogP contribution in [0, 0.1) is 10.1 Å². The van der Waals surface area contributed by atoms with E-state index in [9.17, 15) is 10.1 Å².